The summed E-state index contributed by atoms with van der Waals surface area (Å²) in [4.78, 5) is 24.7. The number of hydrogen-bond acceptors (Lipinski definition) is 4. The highest BCUT2D eigenvalue weighted by Gasteiger charge is 2.34. The highest BCUT2D eigenvalue weighted by molar-refractivity contribution is 5.73. The SMILES string of the molecule is COC1CC(C(=O)O)CN(C(=O)OCC2=CCC(C)C=C2)C1. The van der Waals surface area contributed by atoms with E-state index in [-0.39, 0.29) is 19.3 Å². The van der Waals surface area contributed by atoms with Gasteiger partial charge in [-0.3, -0.25) is 4.79 Å². The van der Waals surface area contributed by atoms with Gasteiger partial charge in [-0.15, -0.1) is 0 Å². The van der Waals surface area contributed by atoms with Crippen LogP contribution in [-0.4, -0.2) is 55.0 Å². The Balaban J connectivity index is 1.88. The maximum Gasteiger partial charge on any atom is 0.410 e. The second kappa shape index (κ2) is 7.45. The smallest absolute Gasteiger partial charge is 0.410 e. The lowest BCUT2D eigenvalue weighted by atomic mass is 9.96. The Morgan fingerprint density at radius 1 is 1.41 bits per heavy atom. The van der Waals surface area contributed by atoms with Crippen LogP contribution in [0, 0.1) is 11.8 Å². The van der Waals surface area contributed by atoms with Gasteiger partial charge in [0.25, 0.3) is 0 Å². The highest BCUT2D eigenvalue weighted by atomic mass is 16.6. The molecule has 6 nitrogen and oxygen atoms in total. The number of carboxylic acids is 1. The predicted octanol–water partition coefficient (Wildman–Crippen LogP) is 2.07. The lowest BCUT2D eigenvalue weighted by Gasteiger charge is -2.34. The predicted molar refractivity (Wildman–Crippen MR) is 80.5 cm³/mol. The summed E-state index contributed by atoms with van der Waals surface area (Å²) in [6, 6.07) is 0. The third-order valence-electron chi connectivity index (χ3n) is 4.11. The van der Waals surface area contributed by atoms with Gasteiger partial charge in [-0.2, -0.15) is 0 Å². The second-order valence-corrected chi connectivity index (χ2v) is 5.94. The van der Waals surface area contributed by atoms with E-state index in [4.69, 9.17) is 14.6 Å². The van der Waals surface area contributed by atoms with Crippen LogP contribution in [0.3, 0.4) is 0 Å². The average Bonchev–Trinajstić information content (AvgIpc) is 2.53. The molecule has 0 aromatic heterocycles. The minimum Gasteiger partial charge on any atom is -0.481 e. The molecule has 3 atom stereocenters. The Morgan fingerprint density at radius 2 is 2.18 bits per heavy atom. The fourth-order valence-electron chi connectivity index (χ4n) is 2.67. The number of rotatable bonds is 4. The van der Waals surface area contributed by atoms with Crippen molar-refractivity contribution in [2.24, 2.45) is 11.8 Å². The standard InChI is InChI=1S/C16H23NO5/c1-11-3-5-12(6-4-11)10-22-16(20)17-8-13(15(18)19)7-14(9-17)21-2/h3,5-6,11,13-14H,4,7-10H2,1-2H3,(H,18,19). The molecule has 2 aliphatic rings. The number of ether oxygens (including phenoxy) is 2. The van der Waals surface area contributed by atoms with E-state index in [0.29, 0.717) is 18.9 Å². The molecule has 0 saturated carbocycles. The molecule has 3 unspecified atom stereocenters. The van der Waals surface area contributed by atoms with Crippen molar-refractivity contribution >= 4 is 12.1 Å². The normalized spacial score (nSPS) is 28.2. The lowest BCUT2D eigenvalue weighted by molar-refractivity contribution is -0.145. The molecular formula is C16H23NO5. The summed E-state index contributed by atoms with van der Waals surface area (Å²) in [6.45, 7) is 2.87. The fraction of sp³-hybridized carbons (Fsp3) is 0.625. The number of methoxy groups -OCH3 is 1. The van der Waals surface area contributed by atoms with Gasteiger partial charge in [-0.1, -0.05) is 25.2 Å². The number of carbonyl (C=O) groups is 2. The van der Waals surface area contributed by atoms with Gasteiger partial charge in [-0.05, 0) is 24.3 Å². The first-order valence-electron chi connectivity index (χ1n) is 7.54. The first kappa shape index (κ1) is 16.5. The molecule has 0 radical (unpaired) electrons. The number of carbonyl (C=O) groups excluding carboxylic acids is 1. The summed E-state index contributed by atoms with van der Waals surface area (Å²) >= 11 is 0. The zero-order chi connectivity index (χ0) is 16.1. The molecular weight excluding hydrogens is 286 g/mol. The van der Waals surface area contributed by atoms with E-state index in [1.807, 2.05) is 6.08 Å². The van der Waals surface area contributed by atoms with Gasteiger partial charge >= 0.3 is 12.1 Å². The fourth-order valence-corrected chi connectivity index (χ4v) is 2.67. The number of nitrogens with zero attached hydrogens (tertiary/aromatic N) is 1. The quantitative estimate of drug-likeness (QED) is 0.860. The monoisotopic (exact) mass is 309 g/mol. The van der Waals surface area contributed by atoms with E-state index in [0.717, 1.165) is 12.0 Å². The number of carboxylic acid groups (broad SMARTS) is 1. The van der Waals surface area contributed by atoms with Crippen LogP contribution in [0.15, 0.2) is 23.8 Å². The van der Waals surface area contributed by atoms with Crippen LogP contribution in [0.5, 0.6) is 0 Å². The molecule has 0 aromatic rings. The molecule has 1 amide bonds. The van der Waals surface area contributed by atoms with E-state index >= 15 is 0 Å². The summed E-state index contributed by atoms with van der Waals surface area (Å²) in [5.41, 5.74) is 0.974. The van der Waals surface area contributed by atoms with Gasteiger partial charge in [0.05, 0.1) is 18.6 Å². The first-order chi connectivity index (χ1) is 10.5. The molecule has 122 valence electrons. The average molecular weight is 309 g/mol. The first-order valence-corrected chi connectivity index (χ1v) is 7.54. The van der Waals surface area contributed by atoms with Gasteiger partial charge in [0.1, 0.15) is 6.61 Å². The van der Waals surface area contributed by atoms with E-state index in [1.165, 1.54) is 12.0 Å². The Labute approximate surface area is 130 Å². The van der Waals surface area contributed by atoms with Crippen LogP contribution in [0.2, 0.25) is 0 Å². The molecule has 1 aliphatic heterocycles. The van der Waals surface area contributed by atoms with E-state index < -0.39 is 18.0 Å². The van der Waals surface area contributed by atoms with Crippen molar-refractivity contribution in [2.45, 2.75) is 25.9 Å². The largest absolute Gasteiger partial charge is 0.481 e. The minimum atomic E-state index is -0.911. The molecule has 2 rings (SSSR count). The molecule has 0 spiro atoms. The third-order valence-corrected chi connectivity index (χ3v) is 4.11. The zero-order valence-electron chi connectivity index (χ0n) is 13.0. The van der Waals surface area contributed by atoms with Gasteiger partial charge in [0.15, 0.2) is 0 Å². The molecule has 1 heterocycles. The van der Waals surface area contributed by atoms with Crippen LogP contribution < -0.4 is 0 Å². The molecule has 0 bridgehead atoms. The minimum absolute atomic E-state index is 0.167. The second-order valence-electron chi connectivity index (χ2n) is 5.94. The molecule has 0 aromatic carbocycles. The van der Waals surface area contributed by atoms with Crippen LogP contribution >= 0.6 is 0 Å². The topological polar surface area (TPSA) is 76.1 Å². The lowest BCUT2D eigenvalue weighted by Crippen LogP contribution is -2.49. The van der Waals surface area contributed by atoms with Gasteiger partial charge in [-0.25, -0.2) is 4.79 Å². The zero-order valence-corrected chi connectivity index (χ0v) is 13.0. The Kier molecular flexibility index (Phi) is 5.60. The molecule has 1 N–H and O–H groups in total. The molecule has 6 heteroatoms. The summed E-state index contributed by atoms with van der Waals surface area (Å²) in [5.74, 6) is -1.01. The summed E-state index contributed by atoms with van der Waals surface area (Å²) < 4.78 is 10.5. The van der Waals surface area contributed by atoms with E-state index in [9.17, 15) is 9.59 Å². The van der Waals surface area contributed by atoms with E-state index in [2.05, 4.69) is 19.1 Å². The van der Waals surface area contributed by atoms with Crippen molar-refractivity contribution in [3.8, 4) is 0 Å². The third kappa shape index (κ3) is 4.34. The Morgan fingerprint density at radius 3 is 2.77 bits per heavy atom. The maximum atomic E-state index is 12.1. The van der Waals surface area contributed by atoms with Crippen molar-refractivity contribution in [1.29, 1.82) is 0 Å². The van der Waals surface area contributed by atoms with Crippen molar-refractivity contribution in [2.75, 3.05) is 26.8 Å². The molecule has 22 heavy (non-hydrogen) atoms. The Hall–Kier alpha value is -1.82. The summed E-state index contributed by atoms with van der Waals surface area (Å²) in [5, 5.41) is 9.16. The number of likely N-dealkylation sites (tertiary alicyclic amines) is 1. The summed E-state index contributed by atoms with van der Waals surface area (Å²) in [6.07, 6.45) is 6.73. The molecule has 1 aliphatic carbocycles. The Bertz CT molecular complexity index is 485. The number of allylic oxidation sites excluding steroid dienone is 2. The number of piperidine rings is 1. The van der Waals surface area contributed by atoms with Crippen molar-refractivity contribution in [3.63, 3.8) is 0 Å². The number of aliphatic carboxylic acids is 1. The van der Waals surface area contributed by atoms with E-state index in [1.54, 1.807) is 0 Å². The van der Waals surface area contributed by atoms with Crippen LogP contribution in [0.4, 0.5) is 4.79 Å². The van der Waals surface area contributed by atoms with Crippen molar-refractivity contribution < 1.29 is 24.2 Å². The number of amides is 1. The highest BCUT2D eigenvalue weighted by Crippen LogP contribution is 2.21. The van der Waals surface area contributed by atoms with Gasteiger partial charge in [0.2, 0.25) is 0 Å². The summed E-state index contributed by atoms with van der Waals surface area (Å²) in [7, 11) is 1.53. The molecule has 1 fully saturated rings. The van der Waals surface area contributed by atoms with Crippen molar-refractivity contribution in [1.82, 2.24) is 4.90 Å². The van der Waals surface area contributed by atoms with Crippen LogP contribution in [-0.2, 0) is 14.3 Å². The van der Waals surface area contributed by atoms with Crippen molar-refractivity contribution in [3.05, 3.63) is 23.8 Å². The number of hydrogen-bond donors (Lipinski definition) is 1. The molecule has 1 saturated heterocycles. The maximum absolute atomic E-state index is 12.1. The van der Waals surface area contributed by atoms with Crippen LogP contribution in [0.1, 0.15) is 19.8 Å². The van der Waals surface area contributed by atoms with Gasteiger partial charge < -0.3 is 19.5 Å². The van der Waals surface area contributed by atoms with Gasteiger partial charge in [0, 0.05) is 13.7 Å². The van der Waals surface area contributed by atoms with Crippen LogP contribution in [0.25, 0.3) is 0 Å².